The number of ketones is 1. The molecule has 0 aromatic rings. The van der Waals surface area contributed by atoms with Crippen LogP contribution < -0.4 is 0 Å². The van der Waals surface area contributed by atoms with E-state index in [-0.39, 0.29) is 36.8 Å². The van der Waals surface area contributed by atoms with Crippen LogP contribution in [-0.4, -0.2) is 51.0 Å². The monoisotopic (exact) mass is 350 g/mol. The van der Waals surface area contributed by atoms with Gasteiger partial charge in [0.25, 0.3) is 0 Å². The van der Waals surface area contributed by atoms with E-state index in [2.05, 4.69) is 0 Å². The molecule has 0 heterocycles. The van der Waals surface area contributed by atoms with Crippen molar-refractivity contribution in [2.45, 2.75) is 57.3 Å². The van der Waals surface area contributed by atoms with E-state index < -0.39 is 23.0 Å². The number of fused-ring (bicyclic) bond motifs is 3. The molecule has 3 aliphatic carbocycles. The Kier molecular flexibility index (Phi) is 4.42. The number of rotatable bonds is 2. The molecule has 1 fully saturated rings. The van der Waals surface area contributed by atoms with E-state index in [0.29, 0.717) is 24.0 Å². The lowest BCUT2D eigenvalue weighted by Crippen LogP contribution is -2.60. The van der Waals surface area contributed by atoms with Crippen molar-refractivity contribution in [1.29, 1.82) is 0 Å². The van der Waals surface area contributed by atoms with Crippen LogP contribution in [0.5, 0.6) is 0 Å². The van der Waals surface area contributed by atoms with Crippen LogP contribution in [0.2, 0.25) is 0 Å². The fraction of sp³-hybridized carbons (Fsp3) is 0.684. The summed E-state index contributed by atoms with van der Waals surface area (Å²) in [4.78, 5) is 23.9. The van der Waals surface area contributed by atoms with E-state index in [9.17, 15) is 24.9 Å². The Balaban J connectivity index is 2.07. The molecule has 0 amide bonds. The zero-order valence-corrected chi connectivity index (χ0v) is 14.9. The molecule has 0 spiro atoms. The van der Waals surface area contributed by atoms with Gasteiger partial charge < -0.3 is 20.1 Å². The van der Waals surface area contributed by atoms with Crippen LogP contribution in [0.25, 0.3) is 0 Å². The van der Waals surface area contributed by atoms with Crippen LogP contribution in [0.4, 0.5) is 0 Å². The van der Waals surface area contributed by atoms with E-state index in [1.807, 2.05) is 6.92 Å². The second-order valence-electron chi connectivity index (χ2n) is 7.84. The lowest BCUT2D eigenvalue weighted by Gasteiger charge is -2.50. The molecule has 0 aromatic heterocycles. The third-order valence-corrected chi connectivity index (χ3v) is 6.17. The Hall–Kier alpha value is -1.50. The molecular weight excluding hydrogens is 324 g/mol. The Labute approximate surface area is 147 Å². The first-order valence-corrected chi connectivity index (χ1v) is 8.78. The molecule has 0 aliphatic heterocycles. The molecule has 0 radical (unpaired) electrons. The molecule has 138 valence electrons. The third-order valence-electron chi connectivity index (χ3n) is 6.17. The van der Waals surface area contributed by atoms with Crippen molar-refractivity contribution in [2.75, 3.05) is 6.61 Å². The normalized spacial score (nSPS) is 43.5. The molecule has 3 N–H and O–H groups in total. The van der Waals surface area contributed by atoms with Gasteiger partial charge in [0, 0.05) is 25.2 Å². The molecule has 0 aromatic carbocycles. The number of ether oxygens (including phenoxy) is 1. The average molecular weight is 350 g/mol. The van der Waals surface area contributed by atoms with Gasteiger partial charge in [0.15, 0.2) is 5.78 Å². The minimum Gasteiger partial charge on any atom is -0.463 e. The maximum Gasteiger partial charge on any atom is 0.302 e. The number of aliphatic hydroxyl groups is 3. The number of carbonyl (C=O) groups is 2. The molecule has 0 bridgehead atoms. The highest BCUT2D eigenvalue weighted by Gasteiger charge is 2.63. The maximum atomic E-state index is 12.6. The predicted octanol–water partition coefficient (Wildman–Crippen LogP) is 0.894. The van der Waals surface area contributed by atoms with Gasteiger partial charge in [0.2, 0.25) is 0 Å². The maximum absolute atomic E-state index is 12.6. The molecule has 6 atom stereocenters. The van der Waals surface area contributed by atoms with Crippen molar-refractivity contribution in [3.05, 3.63) is 23.3 Å². The number of esters is 1. The largest absolute Gasteiger partial charge is 0.463 e. The topological polar surface area (TPSA) is 104 Å². The van der Waals surface area contributed by atoms with Gasteiger partial charge in [-0.2, -0.15) is 0 Å². The standard InChI is InChI=1S/C19H26O6/c1-10-4-16-18(23,17(10)22)8-13(9-20)6-14-7-15(25-12(3)21)5-11(2)19(14,16)24/h4,6,11,14-16,20,23-24H,5,7-9H2,1-3H3/t11-,14?,15+,16-,18?,19-/m1/s1. The summed E-state index contributed by atoms with van der Waals surface area (Å²) in [5.74, 6) is -2.22. The highest BCUT2D eigenvalue weighted by atomic mass is 16.5. The predicted molar refractivity (Wildman–Crippen MR) is 89.4 cm³/mol. The SMILES string of the molecule is CC(=O)O[C@@H]1CC2C=C(CO)CC3(O)C(=O)C(C)=C[C@H]3[C@@]2(O)[C@H](C)C1. The first-order valence-electron chi connectivity index (χ1n) is 8.78. The smallest absolute Gasteiger partial charge is 0.302 e. The van der Waals surface area contributed by atoms with E-state index in [1.165, 1.54) is 6.92 Å². The molecule has 3 rings (SSSR count). The van der Waals surface area contributed by atoms with Gasteiger partial charge in [0.1, 0.15) is 11.7 Å². The van der Waals surface area contributed by atoms with Gasteiger partial charge in [-0.25, -0.2) is 0 Å². The number of carbonyl (C=O) groups excluding carboxylic acids is 2. The highest BCUT2D eigenvalue weighted by molar-refractivity contribution is 6.04. The van der Waals surface area contributed by atoms with E-state index in [0.717, 1.165) is 0 Å². The quantitative estimate of drug-likeness (QED) is 0.505. The lowest BCUT2D eigenvalue weighted by molar-refractivity contribution is -0.183. The summed E-state index contributed by atoms with van der Waals surface area (Å²) in [7, 11) is 0. The minimum absolute atomic E-state index is 0.00457. The summed E-state index contributed by atoms with van der Waals surface area (Å²) < 4.78 is 5.36. The number of hydrogen-bond acceptors (Lipinski definition) is 6. The Morgan fingerprint density at radius 1 is 1.32 bits per heavy atom. The number of Topliss-reactive ketones (excluding diaryl/α,β-unsaturated/α-hetero) is 1. The van der Waals surface area contributed by atoms with Crippen LogP contribution in [-0.2, 0) is 14.3 Å². The van der Waals surface area contributed by atoms with Gasteiger partial charge in [-0.3, -0.25) is 9.59 Å². The van der Waals surface area contributed by atoms with Crippen LogP contribution in [0.15, 0.2) is 23.3 Å². The van der Waals surface area contributed by atoms with Gasteiger partial charge in [-0.05, 0) is 36.8 Å². The van der Waals surface area contributed by atoms with Gasteiger partial charge >= 0.3 is 5.97 Å². The van der Waals surface area contributed by atoms with Crippen molar-refractivity contribution < 1.29 is 29.6 Å². The molecule has 6 heteroatoms. The van der Waals surface area contributed by atoms with Gasteiger partial charge in [-0.1, -0.05) is 19.1 Å². The van der Waals surface area contributed by atoms with Crippen LogP contribution in [0.1, 0.15) is 40.0 Å². The average Bonchev–Trinajstić information content (AvgIpc) is 2.69. The summed E-state index contributed by atoms with van der Waals surface area (Å²) in [6, 6.07) is 0. The zero-order chi connectivity index (χ0) is 18.6. The van der Waals surface area contributed by atoms with Crippen LogP contribution in [0, 0.1) is 17.8 Å². The van der Waals surface area contributed by atoms with Crippen LogP contribution >= 0.6 is 0 Å². The molecule has 2 unspecified atom stereocenters. The van der Waals surface area contributed by atoms with Crippen molar-refractivity contribution >= 4 is 11.8 Å². The summed E-state index contributed by atoms with van der Waals surface area (Å²) in [6.07, 6.45) is 3.97. The first kappa shape index (κ1) is 18.3. The Morgan fingerprint density at radius 3 is 2.60 bits per heavy atom. The highest BCUT2D eigenvalue weighted by Crippen LogP contribution is 2.54. The molecule has 0 saturated heterocycles. The fourth-order valence-electron chi connectivity index (χ4n) is 5.04. The van der Waals surface area contributed by atoms with Gasteiger partial charge in [0.05, 0.1) is 12.2 Å². The second kappa shape index (κ2) is 6.04. The van der Waals surface area contributed by atoms with Crippen LogP contribution in [0.3, 0.4) is 0 Å². The summed E-state index contributed by atoms with van der Waals surface area (Å²) in [6.45, 7) is 4.56. The first-order chi connectivity index (χ1) is 11.6. The van der Waals surface area contributed by atoms with Crippen molar-refractivity contribution in [3.8, 4) is 0 Å². The summed E-state index contributed by atoms with van der Waals surface area (Å²) in [5.41, 5.74) is -2.10. The van der Waals surface area contributed by atoms with Crippen molar-refractivity contribution in [2.24, 2.45) is 17.8 Å². The number of hydrogen-bond donors (Lipinski definition) is 3. The van der Waals surface area contributed by atoms with E-state index in [1.54, 1.807) is 19.1 Å². The third kappa shape index (κ3) is 2.67. The summed E-state index contributed by atoms with van der Waals surface area (Å²) in [5, 5.41) is 32.5. The Bertz CT molecular complexity index is 665. The molecule has 6 nitrogen and oxygen atoms in total. The molecule has 25 heavy (non-hydrogen) atoms. The van der Waals surface area contributed by atoms with Crippen molar-refractivity contribution in [1.82, 2.24) is 0 Å². The van der Waals surface area contributed by atoms with E-state index in [4.69, 9.17) is 4.74 Å². The van der Waals surface area contributed by atoms with Gasteiger partial charge in [-0.15, -0.1) is 0 Å². The number of aliphatic hydroxyl groups excluding tert-OH is 1. The Morgan fingerprint density at radius 2 is 2.00 bits per heavy atom. The van der Waals surface area contributed by atoms with Crippen molar-refractivity contribution in [3.63, 3.8) is 0 Å². The molecule has 3 aliphatic rings. The fourth-order valence-corrected chi connectivity index (χ4v) is 5.04. The second-order valence-corrected chi connectivity index (χ2v) is 7.84. The van der Waals surface area contributed by atoms with E-state index >= 15 is 0 Å². The molecule has 1 saturated carbocycles. The summed E-state index contributed by atoms with van der Waals surface area (Å²) >= 11 is 0. The lowest BCUT2D eigenvalue weighted by atomic mass is 9.60. The molecular formula is C19H26O6. The zero-order valence-electron chi connectivity index (χ0n) is 14.9. The minimum atomic E-state index is -1.73.